The number of amides is 3. The topological polar surface area (TPSA) is 79.9 Å². The van der Waals surface area contributed by atoms with Crippen molar-refractivity contribution >= 4 is 11.9 Å². The number of benzene rings is 1. The molecule has 0 bridgehead atoms. The summed E-state index contributed by atoms with van der Waals surface area (Å²) in [7, 11) is 3.24. The predicted molar refractivity (Wildman–Crippen MR) is 125 cm³/mol. The van der Waals surface area contributed by atoms with Crippen molar-refractivity contribution in [3.8, 4) is 11.5 Å². The monoisotopic (exact) mass is 445 g/mol. The lowest BCUT2D eigenvalue weighted by atomic mass is 9.95. The molecule has 1 aromatic carbocycles. The van der Waals surface area contributed by atoms with Crippen LogP contribution in [0.4, 0.5) is 4.79 Å². The summed E-state index contributed by atoms with van der Waals surface area (Å²) >= 11 is 0. The standard InChI is InChI=1S/C25H39N3O4/c1-17(2)23(24(29)26-20-10-8-6-5-7-9-11-20)27-25(30)28-13-12-18-14-21(31-3)22(32-4)15-19(18)16-28/h14-15,17,20,23H,5-13,16H2,1-4H3,(H,26,29)(H,27,30). The van der Waals surface area contributed by atoms with E-state index < -0.39 is 6.04 Å². The number of hydrogen-bond donors (Lipinski definition) is 2. The summed E-state index contributed by atoms with van der Waals surface area (Å²) in [5.74, 6) is 1.30. The van der Waals surface area contributed by atoms with Crippen LogP contribution in [0.1, 0.15) is 69.9 Å². The molecule has 32 heavy (non-hydrogen) atoms. The van der Waals surface area contributed by atoms with Crippen LogP contribution < -0.4 is 20.1 Å². The molecule has 1 atom stereocenters. The molecule has 1 unspecified atom stereocenters. The summed E-state index contributed by atoms with van der Waals surface area (Å²) < 4.78 is 10.8. The second-order valence-electron chi connectivity index (χ2n) is 9.37. The van der Waals surface area contributed by atoms with Crippen LogP contribution in [0.15, 0.2) is 12.1 Å². The molecule has 178 valence electrons. The van der Waals surface area contributed by atoms with Crippen LogP contribution in [0, 0.1) is 5.92 Å². The summed E-state index contributed by atoms with van der Waals surface area (Å²) in [5, 5.41) is 6.22. The molecule has 3 amide bonds. The van der Waals surface area contributed by atoms with Gasteiger partial charge in [0.1, 0.15) is 6.04 Å². The van der Waals surface area contributed by atoms with Crippen LogP contribution in [0.3, 0.4) is 0 Å². The first-order valence-corrected chi connectivity index (χ1v) is 12.0. The van der Waals surface area contributed by atoms with Gasteiger partial charge in [-0.05, 0) is 48.4 Å². The van der Waals surface area contributed by atoms with Crippen molar-refractivity contribution in [2.24, 2.45) is 5.92 Å². The molecule has 0 radical (unpaired) electrons. The van der Waals surface area contributed by atoms with Crippen LogP contribution in [-0.4, -0.2) is 49.7 Å². The molecule has 0 saturated heterocycles. The van der Waals surface area contributed by atoms with Gasteiger partial charge in [0.25, 0.3) is 0 Å². The number of fused-ring (bicyclic) bond motifs is 1. The number of rotatable bonds is 6. The summed E-state index contributed by atoms with van der Waals surface area (Å²) in [6.45, 7) is 5.04. The van der Waals surface area contributed by atoms with E-state index in [1.54, 1.807) is 19.1 Å². The molecule has 1 aliphatic carbocycles. The quantitative estimate of drug-likeness (QED) is 0.693. The second-order valence-corrected chi connectivity index (χ2v) is 9.37. The molecular formula is C25H39N3O4. The van der Waals surface area contributed by atoms with Gasteiger partial charge in [-0.3, -0.25) is 4.79 Å². The Hall–Kier alpha value is -2.44. The molecule has 7 nitrogen and oxygen atoms in total. The minimum atomic E-state index is -0.542. The van der Waals surface area contributed by atoms with E-state index in [4.69, 9.17) is 9.47 Å². The smallest absolute Gasteiger partial charge is 0.318 e. The minimum absolute atomic E-state index is 0.00828. The number of hydrogen-bond acceptors (Lipinski definition) is 4. The Morgan fingerprint density at radius 2 is 1.56 bits per heavy atom. The molecule has 1 heterocycles. The van der Waals surface area contributed by atoms with Crippen LogP contribution in [0.2, 0.25) is 0 Å². The number of nitrogens with one attached hydrogen (secondary N) is 2. The van der Waals surface area contributed by atoms with Gasteiger partial charge in [-0.1, -0.05) is 46.0 Å². The van der Waals surface area contributed by atoms with E-state index in [0.717, 1.165) is 43.2 Å². The van der Waals surface area contributed by atoms with E-state index in [2.05, 4.69) is 10.6 Å². The minimum Gasteiger partial charge on any atom is -0.493 e. The van der Waals surface area contributed by atoms with Crippen molar-refractivity contribution in [3.05, 3.63) is 23.3 Å². The zero-order chi connectivity index (χ0) is 23.1. The molecule has 7 heteroatoms. The third kappa shape index (κ3) is 6.08. The molecule has 1 fully saturated rings. The van der Waals surface area contributed by atoms with E-state index in [9.17, 15) is 9.59 Å². The third-order valence-electron chi connectivity index (χ3n) is 6.68. The first-order valence-electron chi connectivity index (χ1n) is 12.0. The fourth-order valence-electron chi connectivity index (χ4n) is 4.71. The molecule has 0 spiro atoms. The summed E-state index contributed by atoms with van der Waals surface area (Å²) in [6, 6.07) is 3.40. The van der Waals surface area contributed by atoms with Gasteiger partial charge in [0.05, 0.1) is 14.2 Å². The molecule has 1 saturated carbocycles. The predicted octanol–water partition coefficient (Wildman–Crippen LogP) is 4.03. The number of nitrogens with zero attached hydrogens (tertiary/aromatic N) is 1. The van der Waals surface area contributed by atoms with Crippen molar-refractivity contribution < 1.29 is 19.1 Å². The fourth-order valence-corrected chi connectivity index (χ4v) is 4.71. The first kappa shape index (κ1) is 24.2. The summed E-state index contributed by atoms with van der Waals surface area (Å²) in [4.78, 5) is 27.9. The van der Waals surface area contributed by atoms with E-state index >= 15 is 0 Å². The maximum atomic E-state index is 13.1. The number of ether oxygens (including phenoxy) is 2. The van der Waals surface area contributed by atoms with Gasteiger partial charge in [0, 0.05) is 19.1 Å². The molecule has 1 aliphatic heterocycles. The molecule has 1 aromatic rings. The van der Waals surface area contributed by atoms with E-state index in [0.29, 0.717) is 24.6 Å². The van der Waals surface area contributed by atoms with Gasteiger partial charge in [0.2, 0.25) is 5.91 Å². The largest absolute Gasteiger partial charge is 0.493 e. The molecular weight excluding hydrogens is 406 g/mol. The highest BCUT2D eigenvalue weighted by molar-refractivity contribution is 5.87. The van der Waals surface area contributed by atoms with Crippen LogP contribution in [0.5, 0.6) is 11.5 Å². The maximum absolute atomic E-state index is 13.1. The van der Waals surface area contributed by atoms with Gasteiger partial charge in [0.15, 0.2) is 11.5 Å². The highest BCUT2D eigenvalue weighted by atomic mass is 16.5. The van der Waals surface area contributed by atoms with Crippen molar-refractivity contribution in [2.45, 2.75) is 83.8 Å². The zero-order valence-electron chi connectivity index (χ0n) is 20.0. The Labute approximate surface area is 192 Å². The lowest BCUT2D eigenvalue weighted by Gasteiger charge is -2.32. The van der Waals surface area contributed by atoms with E-state index in [1.165, 1.54) is 19.3 Å². The van der Waals surface area contributed by atoms with Crippen molar-refractivity contribution in [3.63, 3.8) is 0 Å². The van der Waals surface area contributed by atoms with Crippen molar-refractivity contribution in [1.29, 1.82) is 0 Å². The maximum Gasteiger partial charge on any atom is 0.318 e. The lowest BCUT2D eigenvalue weighted by molar-refractivity contribution is -0.124. The Bertz CT molecular complexity index is 788. The van der Waals surface area contributed by atoms with Crippen molar-refractivity contribution in [2.75, 3.05) is 20.8 Å². The summed E-state index contributed by atoms with van der Waals surface area (Å²) in [6.07, 6.45) is 8.88. The highest BCUT2D eigenvalue weighted by Crippen LogP contribution is 2.33. The Balaban J connectivity index is 1.63. The third-order valence-corrected chi connectivity index (χ3v) is 6.68. The van der Waals surface area contributed by atoms with Gasteiger partial charge >= 0.3 is 6.03 Å². The normalized spacial score (nSPS) is 18.2. The Morgan fingerprint density at radius 3 is 2.16 bits per heavy atom. The average Bonchev–Trinajstić information content (AvgIpc) is 2.77. The highest BCUT2D eigenvalue weighted by Gasteiger charge is 2.30. The Kier molecular flexibility index (Phi) is 8.65. The van der Waals surface area contributed by atoms with Crippen molar-refractivity contribution in [1.82, 2.24) is 15.5 Å². The average molecular weight is 446 g/mol. The second kappa shape index (κ2) is 11.4. The van der Waals surface area contributed by atoms with E-state index in [-0.39, 0.29) is 23.9 Å². The molecule has 2 N–H and O–H groups in total. The number of carbonyl (C=O) groups excluding carboxylic acids is 2. The van der Waals surface area contributed by atoms with Gasteiger partial charge in [-0.25, -0.2) is 4.79 Å². The zero-order valence-corrected chi connectivity index (χ0v) is 20.0. The fraction of sp³-hybridized carbons (Fsp3) is 0.680. The molecule has 3 rings (SSSR count). The SMILES string of the molecule is COc1cc2c(cc1OC)CN(C(=O)NC(C(=O)NC1CCCCCCC1)C(C)C)CC2. The Morgan fingerprint density at radius 1 is 0.969 bits per heavy atom. The van der Waals surface area contributed by atoms with Gasteiger partial charge < -0.3 is 25.0 Å². The van der Waals surface area contributed by atoms with Gasteiger partial charge in [-0.2, -0.15) is 0 Å². The number of urea groups is 1. The lowest BCUT2D eigenvalue weighted by Crippen LogP contribution is -2.55. The van der Waals surface area contributed by atoms with Gasteiger partial charge in [-0.15, -0.1) is 0 Å². The number of methoxy groups -OCH3 is 2. The number of carbonyl (C=O) groups is 2. The van der Waals surface area contributed by atoms with Crippen LogP contribution in [0.25, 0.3) is 0 Å². The summed E-state index contributed by atoms with van der Waals surface area (Å²) in [5.41, 5.74) is 2.21. The molecule has 0 aromatic heterocycles. The van der Waals surface area contributed by atoms with Crippen LogP contribution in [-0.2, 0) is 17.8 Å². The van der Waals surface area contributed by atoms with E-state index in [1.807, 2.05) is 26.0 Å². The first-order chi connectivity index (χ1) is 15.4. The molecule has 2 aliphatic rings. The van der Waals surface area contributed by atoms with Crippen LogP contribution >= 0.6 is 0 Å².